The molecule has 0 heterocycles. The molecule has 0 amide bonds. The fourth-order valence-corrected chi connectivity index (χ4v) is 9.01. The number of carbonyl (C=O) groups excluding carboxylic acids is 1. The van der Waals surface area contributed by atoms with Gasteiger partial charge >= 0.3 is 5.97 Å². The maximum absolute atomic E-state index is 15.2. The molecule has 0 aliphatic heterocycles. The van der Waals surface area contributed by atoms with Crippen LogP contribution < -0.4 is 4.74 Å². The molecule has 1 aromatic rings. The zero-order valence-corrected chi connectivity index (χ0v) is 18.4. The van der Waals surface area contributed by atoms with Crippen LogP contribution in [-0.2, 0) is 4.79 Å². The van der Waals surface area contributed by atoms with Gasteiger partial charge in [0.1, 0.15) is 11.6 Å². The van der Waals surface area contributed by atoms with E-state index in [0.717, 1.165) is 36.2 Å². The standard InChI is InChI=1S/C27H31FO4/c28-22-9-23(32-13-26-10-16-6-15-7-17(11-26)27(15,16)12-26)20(14-4-5-14)8-21(22)24(29)18-2-1-3-19(18)25(30)31/h8-9,14-19H,1-7,10-13H2,(H,30,31)/t15?,16?,17?,18-,19-,26?,27?/m0/s1. The second-order valence-corrected chi connectivity index (χ2v) is 12.0. The Bertz CT molecular complexity index is 1010. The molecule has 4 atom stereocenters. The zero-order valence-electron chi connectivity index (χ0n) is 18.4. The number of hydrogen-bond donors (Lipinski definition) is 1. The van der Waals surface area contributed by atoms with Crippen molar-refractivity contribution in [2.75, 3.05) is 6.61 Å². The Morgan fingerprint density at radius 2 is 1.75 bits per heavy atom. The zero-order chi connectivity index (χ0) is 21.8. The Morgan fingerprint density at radius 3 is 2.38 bits per heavy atom. The first-order valence-electron chi connectivity index (χ1n) is 12.6. The summed E-state index contributed by atoms with van der Waals surface area (Å²) >= 11 is 0. The van der Waals surface area contributed by atoms with Crippen LogP contribution in [-0.4, -0.2) is 23.5 Å². The Balaban J connectivity index is 1.14. The van der Waals surface area contributed by atoms with E-state index in [2.05, 4.69) is 0 Å². The minimum absolute atomic E-state index is 0.0649. The predicted molar refractivity (Wildman–Crippen MR) is 115 cm³/mol. The van der Waals surface area contributed by atoms with Gasteiger partial charge in [-0.2, -0.15) is 0 Å². The topological polar surface area (TPSA) is 63.6 Å². The lowest BCUT2D eigenvalue weighted by atomic mass is 9.38. The third kappa shape index (κ3) is 2.48. The number of ketones is 1. The molecular formula is C27H31FO4. The van der Waals surface area contributed by atoms with Gasteiger partial charge in [-0.3, -0.25) is 9.59 Å². The molecule has 0 radical (unpaired) electrons. The van der Waals surface area contributed by atoms with Crippen LogP contribution in [0.1, 0.15) is 86.0 Å². The summed E-state index contributed by atoms with van der Waals surface area (Å²) in [5, 5.41) is 9.47. The average Bonchev–Trinajstić information content (AvgIpc) is 3.27. The fourth-order valence-electron chi connectivity index (χ4n) is 9.01. The highest BCUT2D eigenvalue weighted by Gasteiger charge is 2.77. The predicted octanol–water partition coefficient (Wildman–Crippen LogP) is 5.59. The van der Waals surface area contributed by atoms with Crippen LogP contribution in [0, 0.1) is 46.2 Å². The summed E-state index contributed by atoms with van der Waals surface area (Å²) in [6.07, 6.45) is 10.5. The van der Waals surface area contributed by atoms with Gasteiger partial charge in [0.25, 0.3) is 0 Å². The quantitative estimate of drug-likeness (QED) is 0.564. The molecule has 2 bridgehead atoms. The van der Waals surface area contributed by atoms with Gasteiger partial charge in [0.05, 0.1) is 18.1 Å². The lowest BCUT2D eigenvalue weighted by Crippen LogP contribution is -2.59. The number of carboxylic acid groups (broad SMARTS) is 1. The monoisotopic (exact) mass is 438 g/mol. The number of Topliss-reactive ketones (excluding diaryl/α,β-unsaturated/α-hetero) is 1. The number of fused-ring (bicyclic) bond motifs is 1. The van der Waals surface area contributed by atoms with Gasteiger partial charge in [-0.05, 0) is 98.5 Å². The molecule has 4 nitrogen and oxygen atoms in total. The number of carbonyl (C=O) groups is 2. The number of aliphatic carboxylic acids is 1. The lowest BCUT2D eigenvalue weighted by Gasteiger charge is -2.66. The van der Waals surface area contributed by atoms with Gasteiger partial charge < -0.3 is 9.84 Å². The number of hydrogen-bond acceptors (Lipinski definition) is 3. The molecular weight excluding hydrogens is 407 g/mol. The van der Waals surface area contributed by atoms with Crippen molar-refractivity contribution in [3.05, 3.63) is 29.1 Å². The van der Waals surface area contributed by atoms with Gasteiger partial charge in [0.15, 0.2) is 5.78 Å². The van der Waals surface area contributed by atoms with E-state index < -0.39 is 23.6 Å². The van der Waals surface area contributed by atoms with Crippen LogP contribution in [0.4, 0.5) is 4.39 Å². The molecule has 0 saturated heterocycles. The molecule has 1 N–H and O–H groups in total. The first kappa shape index (κ1) is 19.5. The summed E-state index contributed by atoms with van der Waals surface area (Å²) in [5.74, 6) is 0.561. The highest BCUT2D eigenvalue weighted by Crippen LogP contribution is 2.84. The van der Waals surface area contributed by atoms with Crippen LogP contribution in [0.25, 0.3) is 0 Å². The van der Waals surface area contributed by atoms with E-state index in [1.54, 1.807) is 6.07 Å². The minimum atomic E-state index is -0.944. The largest absolute Gasteiger partial charge is 0.493 e. The van der Waals surface area contributed by atoms with E-state index in [1.165, 1.54) is 38.2 Å². The van der Waals surface area contributed by atoms with Gasteiger partial charge in [0.2, 0.25) is 0 Å². The van der Waals surface area contributed by atoms with E-state index in [-0.39, 0.29) is 16.8 Å². The van der Waals surface area contributed by atoms with Crippen molar-refractivity contribution >= 4 is 11.8 Å². The highest BCUT2D eigenvalue weighted by atomic mass is 19.1. The van der Waals surface area contributed by atoms with Crippen LogP contribution >= 0.6 is 0 Å². The summed E-state index contributed by atoms with van der Waals surface area (Å²) in [7, 11) is 0. The van der Waals surface area contributed by atoms with Crippen molar-refractivity contribution < 1.29 is 23.8 Å². The molecule has 5 heteroatoms. The van der Waals surface area contributed by atoms with Crippen LogP contribution in [0.15, 0.2) is 12.1 Å². The lowest BCUT2D eigenvalue weighted by molar-refractivity contribution is -0.177. The van der Waals surface area contributed by atoms with E-state index in [4.69, 9.17) is 4.74 Å². The molecule has 32 heavy (non-hydrogen) atoms. The Hall–Kier alpha value is -1.91. The summed E-state index contributed by atoms with van der Waals surface area (Å²) in [5.41, 5.74) is 1.93. The Kier molecular flexibility index (Phi) is 3.88. The molecule has 170 valence electrons. The average molecular weight is 439 g/mol. The van der Waals surface area contributed by atoms with E-state index in [9.17, 15) is 14.7 Å². The number of ether oxygens (including phenoxy) is 1. The van der Waals surface area contributed by atoms with E-state index in [1.807, 2.05) is 0 Å². The summed E-state index contributed by atoms with van der Waals surface area (Å²) in [6.45, 7) is 0.671. The summed E-state index contributed by atoms with van der Waals surface area (Å²) in [6, 6.07) is 3.13. The van der Waals surface area contributed by atoms with E-state index >= 15 is 4.39 Å². The molecule has 1 aromatic carbocycles. The number of benzene rings is 1. The third-order valence-corrected chi connectivity index (χ3v) is 10.5. The van der Waals surface area contributed by atoms with Gasteiger partial charge in [-0.15, -0.1) is 0 Å². The normalized spacial score (nSPS) is 42.8. The molecule has 0 aromatic heterocycles. The summed E-state index contributed by atoms with van der Waals surface area (Å²) in [4.78, 5) is 24.7. The Morgan fingerprint density at radius 1 is 1.03 bits per heavy atom. The highest BCUT2D eigenvalue weighted by molar-refractivity contribution is 6.00. The molecule has 2 unspecified atom stereocenters. The van der Waals surface area contributed by atoms with Crippen molar-refractivity contribution in [2.24, 2.45) is 40.4 Å². The van der Waals surface area contributed by atoms with Crippen molar-refractivity contribution in [1.29, 1.82) is 0 Å². The fraction of sp³-hybridized carbons (Fsp3) is 0.704. The van der Waals surface area contributed by atoms with Crippen molar-refractivity contribution in [1.82, 2.24) is 0 Å². The SMILES string of the molecule is O=C(O)[C@H]1CCC[C@@H]1C(=O)c1cc(C2CC2)c(OCC23CC4CC5CC(C2)C54C3)cc1F. The second kappa shape index (κ2) is 6.36. The smallest absolute Gasteiger partial charge is 0.307 e. The second-order valence-electron chi connectivity index (χ2n) is 12.0. The number of rotatable bonds is 7. The minimum Gasteiger partial charge on any atom is -0.493 e. The molecule has 6 aliphatic carbocycles. The first-order valence-corrected chi connectivity index (χ1v) is 12.6. The van der Waals surface area contributed by atoms with Crippen LogP contribution in [0.3, 0.4) is 0 Å². The molecule has 7 rings (SSSR count). The Labute approximate surface area is 187 Å². The van der Waals surface area contributed by atoms with Gasteiger partial charge in [0, 0.05) is 17.4 Å². The van der Waals surface area contributed by atoms with Crippen LogP contribution in [0.2, 0.25) is 0 Å². The van der Waals surface area contributed by atoms with Crippen LogP contribution in [0.5, 0.6) is 5.75 Å². The van der Waals surface area contributed by atoms with Crippen molar-refractivity contribution in [2.45, 2.75) is 70.1 Å². The van der Waals surface area contributed by atoms with Gasteiger partial charge in [-0.25, -0.2) is 4.39 Å². The molecule has 6 fully saturated rings. The van der Waals surface area contributed by atoms with Crippen molar-refractivity contribution in [3.8, 4) is 5.75 Å². The van der Waals surface area contributed by atoms with E-state index in [0.29, 0.717) is 43.0 Å². The number of carboxylic acids is 1. The van der Waals surface area contributed by atoms with Crippen molar-refractivity contribution in [3.63, 3.8) is 0 Å². The molecule has 1 spiro atoms. The third-order valence-electron chi connectivity index (χ3n) is 10.5. The molecule has 6 aliphatic rings. The molecule has 6 saturated carbocycles. The number of halogens is 1. The van der Waals surface area contributed by atoms with Gasteiger partial charge in [-0.1, -0.05) is 6.42 Å². The first-order chi connectivity index (χ1) is 15.4. The maximum Gasteiger partial charge on any atom is 0.307 e. The summed E-state index contributed by atoms with van der Waals surface area (Å²) < 4.78 is 21.6. The maximum atomic E-state index is 15.2.